The molecule has 0 radical (unpaired) electrons. The first-order valence-electron chi connectivity index (χ1n) is 6.89. The van der Waals surface area contributed by atoms with Crippen molar-refractivity contribution < 1.29 is 5.11 Å². The lowest BCUT2D eigenvalue weighted by Gasteiger charge is -2.06. The monoisotopic (exact) mass is 283 g/mol. The van der Waals surface area contributed by atoms with Crippen molar-refractivity contribution in [3.63, 3.8) is 0 Å². The molecule has 0 bridgehead atoms. The molecule has 0 saturated carbocycles. The number of nitrogens with one attached hydrogen (secondary N) is 1. The average Bonchev–Trinajstić information content (AvgIpc) is 2.90. The van der Waals surface area contributed by atoms with Crippen LogP contribution < -0.4 is 5.32 Å². The molecule has 0 aliphatic heterocycles. The molecule has 0 amide bonds. The van der Waals surface area contributed by atoms with Gasteiger partial charge in [-0.2, -0.15) is 0 Å². The van der Waals surface area contributed by atoms with Crippen LogP contribution in [0.5, 0.6) is 5.75 Å². The smallest absolute Gasteiger partial charge is 0.160 e. The molecule has 0 unspecified atom stereocenters. The Labute approximate surface area is 122 Å². The number of nitrogens with zero attached hydrogens (tertiary/aromatic N) is 4. The van der Waals surface area contributed by atoms with E-state index in [1.165, 1.54) is 0 Å². The van der Waals surface area contributed by atoms with Crippen LogP contribution in [0.2, 0.25) is 0 Å². The number of aromatic hydroxyl groups is 1. The van der Waals surface area contributed by atoms with Crippen LogP contribution in [0.1, 0.15) is 17.2 Å². The maximum Gasteiger partial charge on any atom is 0.160 e. The van der Waals surface area contributed by atoms with Crippen molar-refractivity contribution in [1.82, 2.24) is 24.9 Å². The van der Waals surface area contributed by atoms with Gasteiger partial charge in [0.1, 0.15) is 11.6 Å². The van der Waals surface area contributed by atoms with E-state index in [2.05, 4.69) is 20.5 Å². The lowest BCUT2D eigenvalue weighted by atomic mass is 10.3. The minimum Gasteiger partial charge on any atom is -0.506 e. The fourth-order valence-corrected chi connectivity index (χ4v) is 2.20. The summed E-state index contributed by atoms with van der Waals surface area (Å²) >= 11 is 0. The number of pyridine rings is 2. The predicted molar refractivity (Wildman–Crippen MR) is 79.0 cm³/mol. The normalized spacial score (nSPS) is 11.1. The largest absolute Gasteiger partial charge is 0.506 e. The molecule has 3 aromatic rings. The van der Waals surface area contributed by atoms with Gasteiger partial charge < -0.3 is 10.4 Å². The molecule has 3 heterocycles. The van der Waals surface area contributed by atoms with E-state index in [9.17, 15) is 5.11 Å². The number of aryl methyl sites for hydroxylation is 1. The second-order valence-corrected chi connectivity index (χ2v) is 4.89. The molecule has 0 aliphatic carbocycles. The molecule has 3 rings (SSSR count). The molecule has 0 atom stereocenters. The third kappa shape index (κ3) is 3.00. The third-order valence-corrected chi connectivity index (χ3v) is 3.29. The Hall–Kier alpha value is -2.47. The Morgan fingerprint density at radius 3 is 3.00 bits per heavy atom. The molecule has 0 aliphatic rings. The quantitative estimate of drug-likeness (QED) is 0.694. The van der Waals surface area contributed by atoms with E-state index in [-0.39, 0.29) is 5.75 Å². The molecular weight excluding hydrogens is 266 g/mol. The standard InChI is InChI=1S/C15H17N5O/c1-11-5-6-13(21)12(17-11)10-16-8-7-15-19-18-14-4-2-3-9-20(14)15/h2-6,9,16,21H,7-8,10H2,1H3. The summed E-state index contributed by atoms with van der Waals surface area (Å²) in [7, 11) is 0. The third-order valence-electron chi connectivity index (χ3n) is 3.29. The summed E-state index contributed by atoms with van der Waals surface area (Å²) in [5, 5.41) is 21.3. The summed E-state index contributed by atoms with van der Waals surface area (Å²) < 4.78 is 1.98. The summed E-state index contributed by atoms with van der Waals surface area (Å²) in [6.07, 6.45) is 2.72. The first-order valence-corrected chi connectivity index (χ1v) is 6.89. The molecule has 0 spiro atoms. The van der Waals surface area contributed by atoms with E-state index < -0.39 is 0 Å². The van der Waals surface area contributed by atoms with Crippen LogP contribution in [-0.2, 0) is 13.0 Å². The maximum absolute atomic E-state index is 9.73. The Kier molecular flexibility index (Phi) is 3.79. The van der Waals surface area contributed by atoms with Gasteiger partial charge in [0, 0.05) is 31.4 Å². The molecule has 2 N–H and O–H groups in total. The van der Waals surface area contributed by atoms with E-state index >= 15 is 0 Å². The summed E-state index contributed by atoms with van der Waals surface area (Å²) in [5.41, 5.74) is 2.42. The number of hydrogen-bond donors (Lipinski definition) is 2. The predicted octanol–water partition coefficient (Wildman–Crippen LogP) is 1.47. The Morgan fingerprint density at radius 2 is 2.10 bits per heavy atom. The number of aromatic nitrogens is 4. The van der Waals surface area contributed by atoms with E-state index in [1.807, 2.05) is 35.7 Å². The fourth-order valence-electron chi connectivity index (χ4n) is 2.20. The molecule has 0 fully saturated rings. The topological polar surface area (TPSA) is 75.3 Å². The van der Waals surface area contributed by atoms with Crippen molar-refractivity contribution >= 4 is 5.65 Å². The molecule has 6 heteroatoms. The summed E-state index contributed by atoms with van der Waals surface area (Å²) in [6.45, 7) is 3.18. The van der Waals surface area contributed by atoms with Crippen LogP contribution in [0.4, 0.5) is 0 Å². The highest BCUT2D eigenvalue weighted by molar-refractivity contribution is 5.37. The summed E-state index contributed by atoms with van der Waals surface area (Å²) in [5.74, 6) is 1.14. The van der Waals surface area contributed by atoms with Crippen molar-refractivity contribution in [1.29, 1.82) is 0 Å². The fraction of sp³-hybridized carbons (Fsp3) is 0.267. The van der Waals surface area contributed by atoms with Crippen molar-refractivity contribution in [2.24, 2.45) is 0 Å². The first kappa shape index (κ1) is 13.5. The van der Waals surface area contributed by atoms with Crippen molar-refractivity contribution in [3.8, 4) is 5.75 Å². The number of rotatable bonds is 5. The highest BCUT2D eigenvalue weighted by Crippen LogP contribution is 2.14. The van der Waals surface area contributed by atoms with E-state index in [4.69, 9.17) is 0 Å². The maximum atomic E-state index is 9.73. The van der Waals surface area contributed by atoms with Gasteiger partial charge in [0.05, 0.1) is 5.69 Å². The number of fused-ring (bicyclic) bond motifs is 1. The Balaban J connectivity index is 1.58. The zero-order chi connectivity index (χ0) is 14.7. The average molecular weight is 283 g/mol. The van der Waals surface area contributed by atoms with Gasteiger partial charge >= 0.3 is 0 Å². The van der Waals surface area contributed by atoms with Gasteiger partial charge in [-0.1, -0.05) is 6.07 Å². The van der Waals surface area contributed by atoms with Gasteiger partial charge in [-0.25, -0.2) is 0 Å². The molecule has 108 valence electrons. The minimum atomic E-state index is 0.223. The van der Waals surface area contributed by atoms with Gasteiger partial charge in [0.25, 0.3) is 0 Å². The highest BCUT2D eigenvalue weighted by atomic mass is 16.3. The van der Waals surface area contributed by atoms with Crippen LogP contribution in [0, 0.1) is 6.92 Å². The molecule has 0 aromatic carbocycles. The second-order valence-electron chi connectivity index (χ2n) is 4.89. The van der Waals surface area contributed by atoms with Crippen molar-refractivity contribution in [2.75, 3.05) is 6.54 Å². The SMILES string of the molecule is Cc1ccc(O)c(CNCCc2nnc3ccccn23)n1. The minimum absolute atomic E-state index is 0.223. The molecule has 6 nitrogen and oxygen atoms in total. The van der Waals surface area contributed by atoms with E-state index in [0.717, 1.165) is 30.1 Å². The van der Waals surface area contributed by atoms with Crippen LogP contribution in [0.15, 0.2) is 36.5 Å². The first-order chi connectivity index (χ1) is 10.2. The lowest BCUT2D eigenvalue weighted by Crippen LogP contribution is -2.18. The zero-order valence-corrected chi connectivity index (χ0v) is 11.8. The van der Waals surface area contributed by atoms with Crippen molar-refractivity contribution in [2.45, 2.75) is 19.9 Å². The van der Waals surface area contributed by atoms with Gasteiger partial charge in [-0.05, 0) is 31.2 Å². The van der Waals surface area contributed by atoms with Gasteiger partial charge in [0.15, 0.2) is 5.65 Å². The lowest BCUT2D eigenvalue weighted by molar-refractivity contribution is 0.459. The second kappa shape index (κ2) is 5.88. The van der Waals surface area contributed by atoms with E-state index in [0.29, 0.717) is 12.2 Å². The van der Waals surface area contributed by atoms with Crippen LogP contribution in [-0.4, -0.2) is 31.2 Å². The Bertz CT molecular complexity index is 753. The summed E-state index contributed by atoms with van der Waals surface area (Å²) in [6, 6.07) is 9.30. The van der Waals surface area contributed by atoms with Crippen LogP contribution >= 0.6 is 0 Å². The summed E-state index contributed by atoms with van der Waals surface area (Å²) in [4.78, 5) is 4.31. The molecule has 3 aromatic heterocycles. The van der Waals surface area contributed by atoms with Gasteiger partial charge in [-0.3, -0.25) is 9.38 Å². The van der Waals surface area contributed by atoms with Gasteiger partial charge in [0.2, 0.25) is 0 Å². The highest BCUT2D eigenvalue weighted by Gasteiger charge is 2.05. The van der Waals surface area contributed by atoms with Crippen LogP contribution in [0.3, 0.4) is 0 Å². The number of hydrogen-bond acceptors (Lipinski definition) is 5. The van der Waals surface area contributed by atoms with Crippen LogP contribution in [0.25, 0.3) is 5.65 Å². The molecular formula is C15H17N5O. The van der Waals surface area contributed by atoms with E-state index in [1.54, 1.807) is 12.1 Å². The van der Waals surface area contributed by atoms with Gasteiger partial charge in [-0.15, -0.1) is 10.2 Å². The zero-order valence-electron chi connectivity index (χ0n) is 11.8. The van der Waals surface area contributed by atoms with Crippen molar-refractivity contribution in [3.05, 3.63) is 53.7 Å². The Morgan fingerprint density at radius 1 is 1.19 bits per heavy atom. The molecule has 21 heavy (non-hydrogen) atoms. The molecule has 0 saturated heterocycles.